The smallest absolute Gasteiger partial charge is 0.143 e. The molecule has 0 fully saturated rings. The van der Waals surface area contributed by atoms with Gasteiger partial charge in [-0.1, -0.05) is 20.3 Å². The van der Waals surface area contributed by atoms with Gasteiger partial charge in [-0.3, -0.25) is 0 Å². The van der Waals surface area contributed by atoms with E-state index in [-0.39, 0.29) is 12.7 Å². The summed E-state index contributed by atoms with van der Waals surface area (Å²) >= 11 is 0. The maximum Gasteiger partial charge on any atom is 0.143 e. The highest BCUT2D eigenvalue weighted by Crippen LogP contribution is 2.44. The number of unbranched alkanes of at least 4 members (excludes halogenated alkanes) is 2. The molecule has 3 N–H and O–H groups in total. The van der Waals surface area contributed by atoms with Gasteiger partial charge < -0.3 is 38.7 Å². The Kier molecular flexibility index (Phi) is 14.4. The van der Waals surface area contributed by atoms with E-state index in [0.717, 1.165) is 12.8 Å². The van der Waals surface area contributed by atoms with E-state index < -0.39 is 44.9 Å². The lowest BCUT2D eigenvalue weighted by Gasteiger charge is -2.36. The molecule has 8 nitrogen and oxygen atoms in total. The molecule has 0 spiro atoms. The normalized spacial score (nSPS) is 19.9. The summed E-state index contributed by atoms with van der Waals surface area (Å²) in [7, 11) is -1.42. The molecule has 0 aliphatic rings. The van der Waals surface area contributed by atoms with E-state index >= 15 is 0 Å². The number of ether oxygens (including phenoxy) is 3. The first-order valence-corrected chi connectivity index (χ1v) is 13.4. The van der Waals surface area contributed by atoms with Crippen molar-refractivity contribution in [3.63, 3.8) is 0 Å². The molecule has 6 atom stereocenters. The van der Waals surface area contributed by atoms with Crippen molar-refractivity contribution < 1.29 is 38.7 Å². The molecule has 0 aromatic heterocycles. The molecule has 0 bridgehead atoms. The number of aliphatic hydroxyl groups excluding tert-OH is 3. The molecule has 0 aromatic carbocycles. The van der Waals surface area contributed by atoms with Crippen molar-refractivity contribution in [1.82, 2.24) is 0 Å². The highest BCUT2D eigenvalue weighted by Gasteiger charge is 2.43. The van der Waals surface area contributed by atoms with E-state index in [2.05, 4.69) is 0 Å². The Balaban J connectivity index is 4.44. The van der Waals surface area contributed by atoms with Crippen molar-refractivity contribution in [2.45, 2.75) is 75.8 Å². The predicted octanol–water partition coefficient (Wildman–Crippen LogP) is 2.18. The zero-order chi connectivity index (χ0) is 22.7. The highest BCUT2D eigenvalue weighted by molar-refractivity contribution is 7.46. The summed E-state index contributed by atoms with van der Waals surface area (Å²) in [5.41, 5.74) is 0. The van der Waals surface area contributed by atoms with Gasteiger partial charge in [-0.2, -0.15) is 0 Å². The fourth-order valence-corrected chi connectivity index (χ4v) is 6.18. The second kappa shape index (κ2) is 14.3. The van der Waals surface area contributed by atoms with Gasteiger partial charge in [0.15, 0.2) is 0 Å². The molecule has 0 heterocycles. The predicted molar refractivity (Wildman–Crippen MR) is 117 cm³/mol. The van der Waals surface area contributed by atoms with Gasteiger partial charge in [-0.15, -0.1) is 0 Å². The number of aliphatic hydroxyl groups is 3. The fraction of sp³-hybridized carbons (Fsp3) is 1.00. The van der Waals surface area contributed by atoms with Gasteiger partial charge in [-0.25, -0.2) is 0 Å². The maximum atomic E-state index is 12.8. The van der Waals surface area contributed by atoms with E-state index in [1.54, 1.807) is 13.8 Å². The standard InChI is InChI=1S/C19H42O8P2/c1-15(12-20)27-14-18(2,3)28(23)10-8-7-9-11-29(24)19(4,26-6)17(22)16(13-21)25-5/h15-17,20-22,28-29H,7-14H2,1-6H3. The lowest BCUT2D eigenvalue weighted by molar-refractivity contribution is -0.115. The van der Waals surface area contributed by atoms with Crippen molar-refractivity contribution in [3.05, 3.63) is 0 Å². The largest absolute Gasteiger partial charge is 0.394 e. The molecule has 29 heavy (non-hydrogen) atoms. The summed E-state index contributed by atoms with van der Waals surface area (Å²) in [6.07, 6.45) is 0.871. The van der Waals surface area contributed by atoms with Gasteiger partial charge >= 0.3 is 0 Å². The van der Waals surface area contributed by atoms with Crippen molar-refractivity contribution in [2.75, 3.05) is 46.4 Å². The first-order valence-electron chi connectivity index (χ1n) is 10.2. The van der Waals surface area contributed by atoms with Crippen LogP contribution in [0.1, 0.15) is 47.0 Å². The minimum absolute atomic E-state index is 0.0608. The lowest BCUT2D eigenvalue weighted by atomic mass is 10.1. The lowest BCUT2D eigenvalue weighted by Crippen LogP contribution is -2.48. The van der Waals surface area contributed by atoms with Crippen LogP contribution in [0.15, 0.2) is 0 Å². The third kappa shape index (κ3) is 9.49. The van der Waals surface area contributed by atoms with Crippen LogP contribution in [-0.4, -0.2) is 90.5 Å². The van der Waals surface area contributed by atoms with Crippen LogP contribution in [0.2, 0.25) is 0 Å². The quantitative estimate of drug-likeness (QED) is 0.223. The minimum atomic E-state index is -2.32. The molecule has 6 unspecified atom stereocenters. The molecule has 0 saturated carbocycles. The second-order valence-electron chi connectivity index (χ2n) is 8.31. The summed E-state index contributed by atoms with van der Waals surface area (Å²) in [6, 6.07) is 0. The summed E-state index contributed by atoms with van der Waals surface area (Å²) in [5, 5.41) is 27.0. The molecular weight excluding hydrogens is 418 g/mol. The van der Waals surface area contributed by atoms with Crippen molar-refractivity contribution >= 4 is 15.6 Å². The molecular formula is C19H42O8P2. The zero-order valence-corrected chi connectivity index (χ0v) is 20.8. The van der Waals surface area contributed by atoms with E-state index in [4.69, 9.17) is 19.3 Å². The first-order chi connectivity index (χ1) is 13.5. The van der Waals surface area contributed by atoms with E-state index in [0.29, 0.717) is 25.4 Å². The Morgan fingerprint density at radius 2 is 1.48 bits per heavy atom. The van der Waals surface area contributed by atoms with E-state index in [1.165, 1.54) is 14.2 Å². The van der Waals surface area contributed by atoms with Gasteiger partial charge in [0.1, 0.15) is 25.4 Å². The molecule has 0 aliphatic carbocycles. The van der Waals surface area contributed by atoms with E-state index in [1.807, 2.05) is 13.8 Å². The van der Waals surface area contributed by atoms with Crippen LogP contribution in [0.5, 0.6) is 0 Å². The molecule has 0 rings (SSSR count). The van der Waals surface area contributed by atoms with Gasteiger partial charge in [0.25, 0.3) is 0 Å². The van der Waals surface area contributed by atoms with Gasteiger partial charge in [0, 0.05) is 25.5 Å². The van der Waals surface area contributed by atoms with E-state index in [9.17, 15) is 19.3 Å². The third-order valence-electron chi connectivity index (χ3n) is 5.43. The van der Waals surface area contributed by atoms with Gasteiger partial charge in [0.05, 0.1) is 33.7 Å². The van der Waals surface area contributed by atoms with Gasteiger partial charge in [0.2, 0.25) is 0 Å². The first kappa shape index (κ1) is 29.2. The minimum Gasteiger partial charge on any atom is -0.394 e. The monoisotopic (exact) mass is 460 g/mol. The molecule has 10 heteroatoms. The van der Waals surface area contributed by atoms with Crippen LogP contribution < -0.4 is 0 Å². The second-order valence-corrected chi connectivity index (χ2v) is 13.3. The van der Waals surface area contributed by atoms with Crippen LogP contribution in [-0.2, 0) is 23.3 Å². The molecule has 0 amide bonds. The molecule has 0 radical (unpaired) electrons. The summed E-state index contributed by atoms with van der Waals surface area (Å²) in [5.74, 6) is 0. The Morgan fingerprint density at radius 3 is 1.93 bits per heavy atom. The van der Waals surface area contributed by atoms with Crippen LogP contribution in [0.25, 0.3) is 0 Å². The van der Waals surface area contributed by atoms with Crippen LogP contribution in [0.3, 0.4) is 0 Å². The Morgan fingerprint density at radius 1 is 0.931 bits per heavy atom. The molecule has 0 aromatic rings. The Hall–Kier alpha value is 0.220. The third-order valence-corrected chi connectivity index (χ3v) is 10.3. The SMILES string of the molecule is COC(CO)C(O)C(C)(OC)[PH](=O)CCCCC[PH](=O)C(C)(C)COC(C)CO. The molecule has 0 aliphatic heterocycles. The van der Waals surface area contributed by atoms with Crippen molar-refractivity contribution in [3.8, 4) is 0 Å². The Bertz CT molecular complexity index is 499. The maximum absolute atomic E-state index is 12.8. The van der Waals surface area contributed by atoms with Crippen molar-refractivity contribution in [2.24, 2.45) is 0 Å². The molecule has 176 valence electrons. The Labute approximate surface area is 176 Å². The number of hydrogen-bond donors (Lipinski definition) is 3. The fourth-order valence-electron chi connectivity index (χ4n) is 2.88. The van der Waals surface area contributed by atoms with Crippen molar-refractivity contribution in [1.29, 1.82) is 0 Å². The topological polar surface area (TPSA) is 123 Å². The number of hydrogen-bond acceptors (Lipinski definition) is 8. The zero-order valence-electron chi connectivity index (χ0n) is 18.8. The number of methoxy groups -OCH3 is 2. The van der Waals surface area contributed by atoms with Crippen LogP contribution in [0, 0.1) is 0 Å². The summed E-state index contributed by atoms with van der Waals surface area (Å²) in [4.78, 5) is 0. The van der Waals surface area contributed by atoms with Crippen LogP contribution in [0.4, 0.5) is 0 Å². The molecule has 0 saturated heterocycles. The highest BCUT2D eigenvalue weighted by atomic mass is 31.1. The van der Waals surface area contributed by atoms with Crippen LogP contribution >= 0.6 is 15.6 Å². The summed E-state index contributed by atoms with van der Waals surface area (Å²) in [6.45, 7) is 7.07. The average Bonchev–Trinajstić information content (AvgIpc) is 2.71. The summed E-state index contributed by atoms with van der Waals surface area (Å²) < 4.78 is 41.3. The van der Waals surface area contributed by atoms with Gasteiger partial charge in [-0.05, 0) is 32.9 Å². The average molecular weight is 460 g/mol. The number of rotatable bonds is 17.